The Kier molecular flexibility index (Phi) is 7.33. The number of imide groups is 1. The number of ether oxygens (including phenoxy) is 2. The van der Waals surface area contributed by atoms with E-state index in [9.17, 15) is 14.4 Å². The molecule has 2 N–H and O–H groups in total. The minimum atomic E-state index is -0.836. The van der Waals surface area contributed by atoms with Crippen LogP contribution in [0.4, 0.5) is 4.79 Å². The number of carbonyl (C=O) groups excluding carboxylic acids is 3. The van der Waals surface area contributed by atoms with Crippen LogP contribution < -0.4 is 20.1 Å². The van der Waals surface area contributed by atoms with Gasteiger partial charge >= 0.3 is 6.03 Å². The number of carbonyl (C=O) groups is 3. The molecule has 8 nitrogen and oxygen atoms in total. The fraction of sp³-hybridized carbons (Fsp3) is 0.654. The Morgan fingerprint density at radius 3 is 2.53 bits per heavy atom. The number of nitrogens with one attached hydrogen (secondary N) is 2. The summed E-state index contributed by atoms with van der Waals surface area (Å²) in [6, 6.07) is 4.86. The molecule has 4 amide bonds. The molecular weight excluding hydrogens is 434 g/mol. The zero-order chi connectivity index (χ0) is 24.3. The number of amides is 4. The van der Waals surface area contributed by atoms with Crippen LogP contribution in [0, 0.1) is 5.92 Å². The molecule has 2 aliphatic carbocycles. The minimum absolute atomic E-state index is 0.223. The molecule has 1 heterocycles. The normalized spacial score (nSPS) is 26.0. The topological polar surface area (TPSA) is 97.0 Å². The van der Waals surface area contributed by atoms with Crippen molar-refractivity contribution in [2.75, 3.05) is 13.7 Å². The Hall–Kier alpha value is -2.77. The fourth-order valence-electron chi connectivity index (χ4n) is 5.49. The third kappa shape index (κ3) is 5.00. The maximum Gasteiger partial charge on any atom is 0.325 e. The van der Waals surface area contributed by atoms with Gasteiger partial charge in [0.1, 0.15) is 12.1 Å². The quantitative estimate of drug-likeness (QED) is 0.557. The average molecular weight is 472 g/mol. The van der Waals surface area contributed by atoms with Crippen molar-refractivity contribution < 1.29 is 23.9 Å². The first-order valence-corrected chi connectivity index (χ1v) is 12.6. The van der Waals surface area contributed by atoms with Crippen molar-refractivity contribution in [3.8, 4) is 11.5 Å². The highest BCUT2D eigenvalue weighted by molar-refractivity contribution is 6.09. The molecule has 1 unspecified atom stereocenters. The minimum Gasteiger partial charge on any atom is -0.493 e. The van der Waals surface area contributed by atoms with Gasteiger partial charge in [0.25, 0.3) is 5.91 Å². The van der Waals surface area contributed by atoms with E-state index in [1.54, 1.807) is 7.11 Å². The van der Waals surface area contributed by atoms with Gasteiger partial charge in [-0.2, -0.15) is 0 Å². The van der Waals surface area contributed by atoms with Gasteiger partial charge in [-0.3, -0.25) is 14.5 Å². The van der Waals surface area contributed by atoms with Crippen LogP contribution in [0.15, 0.2) is 18.2 Å². The van der Waals surface area contributed by atoms with Crippen molar-refractivity contribution in [2.24, 2.45) is 5.92 Å². The number of rotatable bonds is 8. The molecule has 1 aromatic carbocycles. The van der Waals surface area contributed by atoms with E-state index in [0.29, 0.717) is 30.3 Å². The second-order valence-electron chi connectivity index (χ2n) is 9.98. The highest BCUT2D eigenvalue weighted by atomic mass is 16.5. The third-order valence-corrected chi connectivity index (χ3v) is 7.74. The smallest absolute Gasteiger partial charge is 0.325 e. The Balaban J connectivity index is 1.35. The van der Waals surface area contributed by atoms with E-state index in [1.165, 1.54) is 12.8 Å². The van der Waals surface area contributed by atoms with E-state index in [-0.39, 0.29) is 30.5 Å². The lowest BCUT2D eigenvalue weighted by Crippen LogP contribution is -2.50. The number of hydrogen-bond acceptors (Lipinski definition) is 5. The van der Waals surface area contributed by atoms with Crippen molar-refractivity contribution in [3.05, 3.63) is 23.8 Å². The molecule has 4 rings (SSSR count). The lowest BCUT2D eigenvalue weighted by atomic mass is 9.75. The van der Waals surface area contributed by atoms with Crippen LogP contribution in [-0.2, 0) is 9.59 Å². The molecule has 186 valence electrons. The molecule has 1 aliphatic heterocycles. The van der Waals surface area contributed by atoms with Gasteiger partial charge in [0.05, 0.1) is 19.3 Å². The summed E-state index contributed by atoms with van der Waals surface area (Å²) in [5, 5.41) is 5.79. The Morgan fingerprint density at radius 2 is 1.88 bits per heavy atom. The van der Waals surface area contributed by atoms with Crippen LogP contribution >= 0.6 is 0 Å². The SMILES string of the molecule is CCC1CCC2(CC1)NC(=O)N(CC(=O)NC(C)c1ccc(OC3CCCC3)c(OC)c1)C2=O. The average Bonchev–Trinajstić information content (AvgIpc) is 3.42. The van der Waals surface area contributed by atoms with Gasteiger partial charge in [-0.25, -0.2) is 4.79 Å². The van der Waals surface area contributed by atoms with Crippen molar-refractivity contribution in [2.45, 2.75) is 89.3 Å². The summed E-state index contributed by atoms with van der Waals surface area (Å²) in [7, 11) is 1.60. The number of methoxy groups -OCH3 is 1. The van der Waals surface area contributed by atoms with Crippen LogP contribution in [0.2, 0.25) is 0 Å². The van der Waals surface area contributed by atoms with Crippen molar-refractivity contribution >= 4 is 17.8 Å². The second-order valence-corrected chi connectivity index (χ2v) is 9.98. The highest BCUT2D eigenvalue weighted by Crippen LogP contribution is 2.38. The van der Waals surface area contributed by atoms with Gasteiger partial charge in [0.15, 0.2) is 11.5 Å². The summed E-state index contributed by atoms with van der Waals surface area (Å²) < 4.78 is 11.6. The molecule has 34 heavy (non-hydrogen) atoms. The molecule has 2 saturated carbocycles. The summed E-state index contributed by atoms with van der Waals surface area (Å²) in [6.07, 6.45) is 8.91. The standard InChI is InChI=1S/C26H37N3O5/c1-4-18-11-13-26(14-12-18)24(31)29(25(32)28-26)16-23(30)27-17(2)19-9-10-21(22(15-19)33-3)34-20-7-5-6-8-20/h9-10,15,17-18,20H,4-8,11-14,16H2,1-3H3,(H,27,30)(H,28,32). The lowest BCUT2D eigenvalue weighted by molar-refractivity contribution is -0.136. The van der Waals surface area contributed by atoms with E-state index in [1.807, 2.05) is 25.1 Å². The number of benzene rings is 1. The molecular formula is C26H37N3O5. The molecule has 1 atom stereocenters. The van der Waals surface area contributed by atoms with E-state index in [2.05, 4.69) is 17.6 Å². The van der Waals surface area contributed by atoms with E-state index < -0.39 is 11.6 Å². The molecule has 3 aliphatic rings. The van der Waals surface area contributed by atoms with E-state index in [0.717, 1.165) is 42.6 Å². The molecule has 1 aromatic rings. The molecule has 1 spiro atoms. The number of nitrogens with zero attached hydrogens (tertiary/aromatic N) is 1. The summed E-state index contributed by atoms with van der Waals surface area (Å²) in [4.78, 5) is 39.4. The summed E-state index contributed by atoms with van der Waals surface area (Å²) in [5.74, 6) is 1.29. The summed E-state index contributed by atoms with van der Waals surface area (Å²) in [5.41, 5.74) is 0.0208. The maximum absolute atomic E-state index is 13.1. The fourth-order valence-corrected chi connectivity index (χ4v) is 5.49. The van der Waals surface area contributed by atoms with Crippen LogP contribution in [-0.4, -0.2) is 48.0 Å². The predicted molar refractivity (Wildman–Crippen MR) is 128 cm³/mol. The maximum atomic E-state index is 13.1. The largest absolute Gasteiger partial charge is 0.493 e. The molecule has 1 saturated heterocycles. The van der Waals surface area contributed by atoms with Gasteiger partial charge in [-0.15, -0.1) is 0 Å². The Labute approximate surface area is 201 Å². The predicted octanol–water partition coefficient (Wildman–Crippen LogP) is 4.08. The molecule has 0 radical (unpaired) electrons. The Morgan fingerprint density at radius 1 is 1.18 bits per heavy atom. The summed E-state index contributed by atoms with van der Waals surface area (Å²) in [6.45, 7) is 3.73. The zero-order valence-electron chi connectivity index (χ0n) is 20.5. The molecule has 3 fully saturated rings. The summed E-state index contributed by atoms with van der Waals surface area (Å²) >= 11 is 0. The second kappa shape index (κ2) is 10.2. The van der Waals surface area contributed by atoms with Crippen molar-refractivity contribution in [1.82, 2.24) is 15.5 Å². The van der Waals surface area contributed by atoms with Crippen LogP contribution in [0.25, 0.3) is 0 Å². The lowest BCUT2D eigenvalue weighted by Gasteiger charge is -2.34. The van der Waals surface area contributed by atoms with Crippen LogP contribution in [0.3, 0.4) is 0 Å². The highest BCUT2D eigenvalue weighted by Gasteiger charge is 2.52. The number of hydrogen-bond donors (Lipinski definition) is 2. The van der Waals surface area contributed by atoms with E-state index in [4.69, 9.17) is 9.47 Å². The van der Waals surface area contributed by atoms with Gasteiger partial charge in [0, 0.05) is 0 Å². The number of urea groups is 1. The monoisotopic (exact) mass is 471 g/mol. The van der Waals surface area contributed by atoms with Crippen molar-refractivity contribution in [1.29, 1.82) is 0 Å². The Bertz CT molecular complexity index is 919. The van der Waals surface area contributed by atoms with Gasteiger partial charge in [-0.1, -0.05) is 19.4 Å². The molecule has 0 aromatic heterocycles. The molecule has 0 bridgehead atoms. The van der Waals surface area contributed by atoms with Crippen molar-refractivity contribution in [3.63, 3.8) is 0 Å². The molecule has 8 heteroatoms. The first-order valence-electron chi connectivity index (χ1n) is 12.6. The zero-order valence-corrected chi connectivity index (χ0v) is 20.5. The van der Waals surface area contributed by atoms with Gasteiger partial charge < -0.3 is 20.1 Å². The van der Waals surface area contributed by atoms with Crippen LogP contribution in [0.1, 0.15) is 83.2 Å². The first-order chi connectivity index (χ1) is 16.3. The van der Waals surface area contributed by atoms with Crippen LogP contribution in [0.5, 0.6) is 11.5 Å². The van der Waals surface area contributed by atoms with Gasteiger partial charge in [-0.05, 0) is 81.9 Å². The first kappa shape index (κ1) is 24.4. The third-order valence-electron chi connectivity index (χ3n) is 7.74. The van der Waals surface area contributed by atoms with E-state index >= 15 is 0 Å². The van der Waals surface area contributed by atoms with Gasteiger partial charge in [0.2, 0.25) is 5.91 Å².